The number of rotatable bonds is 4. The molecule has 0 aliphatic carbocycles. The Bertz CT molecular complexity index is 622. The summed E-state index contributed by atoms with van der Waals surface area (Å²) in [7, 11) is -2.17. The van der Waals surface area contributed by atoms with E-state index in [1.54, 1.807) is 12.1 Å². The van der Waals surface area contributed by atoms with Crippen molar-refractivity contribution in [2.24, 2.45) is 0 Å². The van der Waals surface area contributed by atoms with Gasteiger partial charge in [-0.05, 0) is 24.6 Å². The Balaban J connectivity index is 0.000000211. The van der Waals surface area contributed by atoms with Gasteiger partial charge in [0, 0.05) is 6.42 Å². The topological polar surface area (TPSA) is 73.8 Å². The second-order valence-corrected chi connectivity index (χ2v) is 6.08. The third-order valence-electron chi connectivity index (χ3n) is 2.87. The molecule has 2 N–H and O–H groups in total. The highest BCUT2D eigenvalue weighted by Crippen LogP contribution is 2.08. The van der Waals surface area contributed by atoms with Gasteiger partial charge in [-0.1, -0.05) is 48.0 Å². The quantitative estimate of drug-likeness (QED) is 0.866. The Labute approximate surface area is 126 Å². The van der Waals surface area contributed by atoms with Crippen LogP contribution in [-0.4, -0.2) is 26.6 Å². The molecule has 0 unspecified atom stereocenters. The van der Waals surface area contributed by atoms with Crippen molar-refractivity contribution in [1.82, 2.24) is 0 Å². The van der Waals surface area contributed by atoms with Crippen molar-refractivity contribution in [3.05, 3.63) is 65.7 Å². The highest BCUT2D eigenvalue weighted by molar-refractivity contribution is 7.85. The first-order valence-electron chi connectivity index (χ1n) is 6.78. The van der Waals surface area contributed by atoms with Crippen molar-refractivity contribution >= 4 is 10.1 Å². The molecule has 4 nitrogen and oxygen atoms in total. The molecule has 2 aromatic rings. The molecule has 5 heteroatoms. The van der Waals surface area contributed by atoms with Gasteiger partial charge in [0.25, 0.3) is 0 Å². The lowest BCUT2D eigenvalue weighted by Gasteiger charge is -2.05. The van der Waals surface area contributed by atoms with E-state index in [0.717, 1.165) is 5.56 Å². The molecule has 0 aromatic heterocycles. The van der Waals surface area contributed by atoms with E-state index in [1.165, 1.54) is 30.7 Å². The summed E-state index contributed by atoms with van der Waals surface area (Å²) in [6, 6.07) is 16.4. The Morgan fingerprint density at radius 1 is 1.00 bits per heavy atom. The Kier molecular flexibility index (Phi) is 7.08. The minimum Gasteiger partial charge on any atom is -0.744 e. The monoisotopic (exact) mass is 307 g/mol. The largest absolute Gasteiger partial charge is 0.744 e. The maximum Gasteiger partial charge on any atom is 0.124 e. The van der Waals surface area contributed by atoms with Crippen LogP contribution in [0.1, 0.15) is 11.1 Å². The van der Waals surface area contributed by atoms with Crippen molar-refractivity contribution in [3.63, 3.8) is 0 Å². The third kappa shape index (κ3) is 7.04. The number of hydrogen-bond acceptors (Lipinski definition) is 3. The Morgan fingerprint density at radius 2 is 1.57 bits per heavy atom. The summed E-state index contributed by atoms with van der Waals surface area (Å²) in [5, 5.41) is 2.20. The van der Waals surface area contributed by atoms with Crippen molar-refractivity contribution in [2.45, 2.75) is 18.2 Å². The molecule has 0 fully saturated rings. The van der Waals surface area contributed by atoms with Gasteiger partial charge in [0.1, 0.15) is 10.1 Å². The van der Waals surface area contributed by atoms with E-state index in [9.17, 15) is 13.0 Å². The minimum absolute atomic E-state index is 0.178. The summed E-state index contributed by atoms with van der Waals surface area (Å²) in [4.78, 5) is -0.178. The molecule has 0 amide bonds. The van der Waals surface area contributed by atoms with E-state index in [4.69, 9.17) is 0 Å². The summed E-state index contributed by atoms with van der Waals surface area (Å²) >= 11 is 0. The molecule has 0 aliphatic rings. The summed E-state index contributed by atoms with van der Waals surface area (Å²) < 4.78 is 31.2. The second kappa shape index (κ2) is 8.56. The predicted molar refractivity (Wildman–Crippen MR) is 82.0 cm³/mol. The molecular formula is C16H21NO3S. The summed E-state index contributed by atoms with van der Waals surface area (Å²) in [6.45, 7) is 3.01. The number of hydrogen-bond donors (Lipinski definition) is 1. The van der Waals surface area contributed by atoms with Crippen LogP contribution in [-0.2, 0) is 16.5 Å². The zero-order chi connectivity index (χ0) is 15.7. The van der Waals surface area contributed by atoms with Crippen molar-refractivity contribution in [1.29, 1.82) is 0 Å². The van der Waals surface area contributed by atoms with Gasteiger partial charge < -0.3 is 9.87 Å². The van der Waals surface area contributed by atoms with Gasteiger partial charge in [0.05, 0.1) is 18.5 Å². The van der Waals surface area contributed by atoms with Crippen molar-refractivity contribution < 1.29 is 18.3 Å². The standard InChI is InChI=1S/C9H13N.C7H8O3S/c1-10-8-7-9-5-3-2-4-6-9;1-6-2-4-7(5-3-6)11(8,9)10/h2-6,10H,7-8H2,1H3;2-5H,1H3,(H,8,9,10). The highest BCUT2D eigenvalue weighted by Gasteiger charge is 1.97. The maximum atomic E-state index is 10.4. The summed E-state index contributed by atoms with van der Waals surface area (Å²) in [5.74, 6) is 0. The lowest BCUT2D eigenvalue weighted by Crippen LogP contribution is -2.80. The molecule has 21 heavy (non-hydrogen) atoms. The first kappa shape index (κ1) is 17.4. The number of likely N-dealkylation sites (N-methyl/N-ethyl adjacent to an activating group) is 1. The predicted octanol–water partition coefficient (Wildman–Crippen LogP) is 1.32. The number of nitrogens with two attached hydrogens (primary N) is 1. The molecule has 0 atom stereocenters. The van der Waals surface area contributed by atoms with E-state index < -0.39 is 10.1 Å². The van der Waals surface area contributed by atoms with E-state index in [0.29, 0.717) is 0 Å². The summed E-state index contributed by atoms with van der Waals surface area (Å²) in [6.07, 6.45) is 1.18. The highest BCUT2D eigenvalue weighted by atomic mass is 32.2. The van der Waals surface area contributed by atoms with Crippen LogP contribution >= 0.6 is 0 Å². The first-order chi connectivity index (χ1) is 9.93. The van der Waals surface area contributed by atoms with Gasteiger partial charge in [0.15, 0.2) is 0 Å². The van der Waals surface area contributed by atoms with Crippen LogP contribution in [0.2, 0.25) is 0 Å². The number of aryl methyl sites for hydroxylation is 1. The fourth-order valence-electron chi connectivity index (χ4n) is 1.66. The molecule has 2 rings (SSSR count). The molecule has 0 spiro atoms. The van der Waals surface area contributed by atoms with E-state index in [1.807, 2.05) is 6.92 Å². The van der Waals surface area contributed by atoms with Crippen LogP contribution in [0.25, 0.3) is 0 Å². The fourth-order valence-corrected chi connectivity index (χ4v) is 2.13. The van der Waals surface area contributed by atoms with Gasteiger partial charge in [-0.15, -0.1) is 0 Å². The fraction of sp³-hybridized carbons (Fsp3) is 0.250. The van der Waals surface area contributed by atoms with Gasteiger partial charge in [-0.25, -0.2) is 8.42 Å². The van der Waals surface area contributed by atoms with Crippen LogP contribution in [0, 0.1) is 6.92 Å². The van der Waals surface area contributed by atoms with E-state index in [2.05, 4.69) is 42.7 Å². The smallest absolute Gasteiger partial charge is 0.124 e. The van der Waals surface area contributed by atoms with Gasteiger partial charge in [-0.3, -0.25) is 0 Å². The molecule has 0 aliphatic heterocycles. The molecule has 0 bridgehead atoms. The normalized spacial score (nSPS) is 10.6. The zero-order valence-corrected chi connectivity index (χ0v) is 13.1. The lowest BCUT2D eigenvalue weighted by atomic mass is 10.2. The van der Waals surface area contributed by atoms with Crippen LogP contribution in [0.5, 0.6) is 0 Å². The van der Waals surface area contributed by atoms with Gasteiger partial charge in [0.2, 0.25) is 0 Å². The van der Waals surface area contributed by atoms with Gasteiger partial charge in [-0.2, -0.15) is 0 Å². The van der Waals surface area contributed by atoms with Crippen molar-refractivity contribution in [3.8, 4) is 0 Å². The molecule has 114 valence electrons. The Hall–Kier alpha value is -1.69. The molecule has 0 saturated heterocycles. The number of benzene rings is 2. The van der Waals surface area contributed by atoms with E-state index >= 15 is 0 Å². The molecule has 2 aromatic carbocycles. The average Bonchev–Trinajstić information content (AvgIpc) is 2.46. The van der Waals surface area contributed by atoms with E-state index in [-0.39, 0.29) is 4.90 Å². The van der Waals surface area contributed by atoms with Crippen LogP contribution in [0.4, 0.5) is 0 Å². The second-order valence-electron chi connectivity index (χ2n) is 4.70. The first-order valence-corrected chi connectivity index (χ1v) is 8.18. The molecule has 0 saturated carbocycles. The minimum atomic E-state index is -4.27. The average molecular weight is 307 g/mol. The third-order valence-corrected chi connectivity index (χ3v) is 3.72. The van der Waals surface area contributed by atoms with Gasteiger partial charge >= 0.3 is 0 Å². The Morgan fingerprint density at radius 3 is 2.05 bits per heavy atom. The summed E-state index contributed by atoms with van der Waals surface area (Å²) in [5.41, 5.74) is 2.36. The van der Waals surface area contributed by atoms with Crippen LogP contribution in [0.15, 0.2) is 59.5 Å². The number of quaternary nitrogens is 1. The molecule has 0 heterocycles. The van der Waals surface area contributed by atoms with Crippen LogP contribution < -0.4 is 5.32 Å². The zero-order valence-electron chi connectivity index (χ0n) is 12.3. The van der Waals surface area contributed by atoms with Crippen LogP contribution in [0.3, 0.4) is 0 Å². The van der Waals surface area contributed by atoms with Crippen molar-refractivity contribution in [2.75, 3.05) is 13.6 Å². The molecule has 0 radical (unpaired) electrons. The lowest BCUT2D eigenvalue weighted by molar-refractivity contribution is -0.626. The SMILES string of the molecule is C[NH2+]CCc1ccccc1.Cc1ccc(S(=O)(=O)[O-])cc1. The maximum absolute atomic E-state index is 10.4. The molecular weight excluding hydrogens is 286 g/mol.